The van der Waals surface area contributed by atoms with E-state index in [0.717, 1.165) is 46.6 Å². The third kappa shape index (κ3) is 3.93. The van der Waals surface area contributed by atoms with Crippen LogP contribution in [0.25, 0.3) is 10.8 Å². The molecule has 2 aromatic carbocycles. The number of pyridine rings is 1. The van der Waals surface area contributed by atoms with E-state index >= 15 is 0 Å². The van der Waals surface area contributed by atoms with Gasteiger partial charge in [-0.1, -0.05) is 6.07 Å². The Morgan fingerprint density at radius 1 is 1.11 bits per heavy atom. The fraction of sp³-hybridized carbons (Fsp3) is 0.318. The van der Waals surface area contributed by atoms with E-state index in [2.05, 4.69) is 9.88 Å². The molecule has 0 bridgehead atoms. The SMILES string of the molecule is COc1ccc(CN2CCOC(c3cc4cc(F)ccc4cn3)C2)c(OC)c1. The molecule has 0 saturated carbocycles. The van der Waals surface area contributed by atoms with Crippen LogP contribution in [0.15, 0.2) is 48.7 Å². The first-order chi connectivity index (χ1) is 13.7. The molecule has 0 aliphatic carbocycles. The van der Waals surface area contributed by atoms with Gasteiger partial charge in [0.05, 0.1) is 26.5 Å². The fourth-order valence-corrected chi connectivity index (χ4v) is 3.55. The van der Waals surface area contributed by atoms with Crippen molar-refractivity contribution in [3.05, 3.63) is 65.7 Å². The molecule has 6 heteroatoms. The van der Waals surface area contributed by atoms with Crippen molar-refractivity contribution in [3.63, 3.8) is 0 Å². The lowest BCUT2D eigenvalue weighted by Crippen LogP contribution is -2.38. The maximum Gasteiger partial charge on any atom is 0.127 e. The molecule has 5 nitrogen and oxygen atoms in total. The van der Waals surface area contributed by atoms with Crippen molar-refractivity contribution in [2.45, 2.75) is 12.6 Å². The predicted octanol–water partition coefficient (Wildman–Crippen LogP) is 3.96. The number of rotatable bonds is 5. The third-order valence-corrected chi connectivity index (χ3v) is 5.07. The first kappa shape index (κ1) is 18.7. The smallest absolute Gasteiger partial charge is 0.127 e. The largest absolute Gasteiger partial charge is 0.497 e. The Labute approximate surface area is 163 Å². The van der Waals surface area contributed by atoms with Crippen LogP contribution >= 0.6 is 0 Å². The lowest BCUT2D eigenvalue weighted by Gasteiger charge is -2.33. The normalized spacial score (nSPS) is 17.6. The Bertz CT molecular complexity index is 979. The van der Waals surface area contributed by atoms with Crippen molar-refractivity contribution in [2.24, 2.45) is 0 Å². The van der Waals surface area contributed by atoms with Gasteiger partial charge in [-0.05, 0) is 35.7 Å². The average Bonchev–Trinajstić information content (AvgIpc) is 2.73. The molecular weight excluding hydrogens is 359 g/mol. The zero-order valence-electron chi connectivity index (χ0n) is 16.0. The summed E-state index contributed by atoms with van der Waals surface area (Å²) in [6.45, 7) is 2.90. The van der Waals surface area contributed by atoms with Gasteiger partial charge in [0.2, 0.25) is 0 Å². The summed E-state index contributed by atoms with van der Waals surface area (Å²) in [5.74, 6) is 1.33. The number of ether oxygens (including phenoxy) is 3. The maximum absolute atomic E-state index is 13.6. The summed E-state index contributed by atoms with van der Waals surface area (Å²) >= 11 is 0. The zero-order chi connectivity index (χ0) is 19.5. The van der Waals surface area contributed by atoms with E-state index in [-0.39, 0.29) is 11.9 Å². The number of nitrogens with zero attached hydrogens (tertiary/aromatic N) is 2. The van der Waals surface area contributed by atoms with Gasteiger partial charge < -0.3 is 14.2 Å². The van der Waals surface area contributed by atoms with Crippen LogP contribution in [-0.4, -0.2) is 43.8 Å². The van der Waals surface area contributed by atoms with E-state index in [0.29, 0.717) is 13.2 Å². The van der Waals surface area contributed by atoms with E-state index in [1.54, 1.807) is 26.5 Å². The van der Waals surface area contributed by atoms with Crippen molar-refractivity contribution in [3.8, 4) is 11.5 Å². The number of halogens is 1. The molecular formula is C22H23FN2O3. The minimum Gasteiger partial charge on any atom is -0.497 e. The average molecular weight is 382 g/mol. The van der Waals surface area contributed by atoms with Crippen molar-refractivity contribution >= 4 is 10.8 Å². The lowest BCUT2D eigenvalue weighted by atomic mass is 10.1. The monoisotopic (exact) mass is 382 g/mol. The van der Waals surface area contributed by atoms with Gasteiger partial charge in [-0.15, -0.1) is 0 Å². The molecule has 0 N–H and O–H groups in total. The molecule has 146 valence electrons. The van der Waals surface area contributed by atoms with E-state index in [9.17, 15) is 4.39 Å². The second-order valence-corrected chi connectivity index (χ2v) is 6.87. The van der Waals surface area contributed by atoms with Crippen LogP contribution in [0.1, 0.15) is 17.4 Å². The van der Waals surface area contributed by atoms with Gasteiger partial charge in [0, 0.05) is 42.8 Å². The zero-order valence-corrected chi connectivity index (χ0v) is 16.0. The van der Waals surface area contributed by atoms with E-state index < -0.39 is 0 Å². The molecule has 2 heterocycles. The maximum atomic E-state index is 13.6. The van der Waals surface area contributed by atoms with Crippen LogP contribution in [0.4, 0.5) is 4.39 Å². The van der Waals surface area contributed by atoms with Gasteiger partial charge in [-0.2, -0.15) is 0 Å². The number of hydrogen-bond acceptors (Lipinski definition) is 5. The van der Waals surface area contributed by atoms with Crippen molar-refractivity contribution in [2.75, 3.05) is 33.9 Å². The van der Waals surface area contributed by atoms with E-state index in [4.69, 9.17) is 14.2 Å². The topological polar surface area (TPSA) is 43.8 Å². The van der Waals surface area contributed by atoms with E-state index in [1.807, 2.05) is 24.3 Å². The van der Waals surface area contributed by atoms with E-state index in [1.165, 1.54) is 12.1 Å². The van der Waals surface area contributed by atoms with Gasteiger partial charge in [-0.25, -0.2) is 4.39 Å². The Hall–Kier alpha value is -2.70. The molecule has 0 radical (unpaired) electrons. The lowest BCUT2D eigenvalue weighted by molar-refractivity contribution is -0.0350. The van der Waals surface area contributed by atoms with Crippen LogP contribution < -0.4 is 9.47 Å². The quantitative estimate of drug-likeness (QED) is 0.668. The van der Waals surface area contributed by atoms with Gasteiger partial charge in [-0.3, -0.25) is 9.88 Å². The highest BCUT2D eigenvalue weighted by Crippen LogP contribution is 2.29. The van der Waals surface area contributed by atoms with Crippen LogP contribution in [0, 0.1) is 5.82 Å². The van der Waals surface area contributed by atoms with Crippen molar-refractivity contribution < 1.29 is 18.6 Å². The minimum absolute atomic E-state index is 0.148. The molecule has 1 unspecified atom stereocenters. The summed E-state index contributed by atoms with van der Waals surface area (Å²) in [6, 6.07) is 12.5. The first-order valence-corrected chi connectivity index (χ1v) is 9.26. The predicted molar refractivity (Wildman–Crippen MR) is 105 cm³/mol. The molecule has 1 atom stereocenters. The summed E-state index contributed by atoms with van der Waals surface area (Å²) in [6.07, 6.45) is 1.63. The van der Waals surface area contributed by atoms with Gasteiger partial charge in [0.15, 0.2) is 0 Å². The van der Waals surface area contributed by atoms with Gasteiger partial charge >= 0.3 is 0 Å². The molecule has 28 heavy (non-hydrogen) atoms. The molecule has 1 fully saturated rings. The number of morpholine rings is 1. The van der Waals surface area contributed by atoms with Crippen LogP contribution in [0.2, 0.25) is 0 Å². The highest BCUT2D eigenvalue weighted by atomic mass is 19.1. The standard InChI is InChI=1S/C22H23FN2O3/c1-26-19-6-4-16(21(11-19)27-2)13-25-7-8-28-22(14-25)20-10-17-9-18(23)5-3-15(17)12-24-20/h3-6,9-12,22H,7-8,13-14H2,1-2H3. The highest BCUT2D eigenvalue weighted by Gasteiger charge is 2.24. The van der Waals surface area contributed by atoms with Crippen LogP contribution in [-0.2, 0) is 11.3 Å². The van der Waals surface area contributed by atoms with Crippen molar-refractivity contribution in [1.82, 2.24) is 9.88 Å². The summed E-state index contributed by atoms with van der Waals surface area (Å²) in [5, 5.41) is 1.75. The van der Waals surface area contributed by atoms with Crippen LogP contribution in [0.3, 0.4) is 0 Å². The molecule has 1 aliphatic rings. The molecule has 4 rings (SSSR count). The Kier molecular flexibility index (Phi) is 5.41. The Morgan fingerprint density at radius 2 is 2.00 bits per heavy atom. The summed E-state index contributed by atoms with van der Waals surface area (Å²) in [7, 11) is 3.31. The molecule has 0 amide bonds. The Balaban J connectivity index is 1.52. The first-order valence-electron chi connectivity index (χ1n) is 9.26. The highest BCUT2D eigenvalue weighted by molar-refractivity contribution is 5.82. The summed E-state index contributed by atoms with van der Waals surface area (Å²) in [5.41, 5.74) is 1.92. The Morgan fingerprint density at radius 3 is 2.82 bits per heavy atom. The molecule has 1 saturated heterocycles. The molecule has 1 aliphatic heterocycles. The van der Waals surface area contributed by atoms with Crippen LogP contribution in [0.5, 0.6) is 11.5 Å². The second-order valence-electron chi connectivity index (χ2n) is 6.87. The van der Waals surface area contributed by atoms with Gasteiger partial charge in [0.1, 0.15) is 23.4 Å². The number of aromatic nitrogens is 1. The summed E-state index contributed by atoms with van der Waals surface area (Å²) in [4.78, 5) is 6.86. The number of hydrogen-bond donors (Lipinski definition) is 0. The molecule has 0 spiro atoms. The fourth-order valence-electron chi connectivity index (χ4n) is 3.55. The number of fused-ring (bicyclic) bond motifs is 1. The minimum atomic E-state index is -0.248. The molecule has 1 aromatic heterocycles. The van der Waals surface area contributed by atoms with Gasteiger partial charge in [0.25, 0.3) is 0 Å². The second kappa shape index (κ2) is 8.12. The number of methoxy groups -OCH3 is 2. The number of benzene rings is 2. The third-order valence-electron chi connectivity index (χ3n) is 5.07. The summed E-state index contributed by atoms with van der Waals surface area (Å²) < 4.78 is 30.3. The molecule has 3 aromatic rings. The van der Waals surface area contributed by atoms with Crippen molar-refractivity contribution in [1.29, 1.82) is 0 Å².